The van der Waals surface area contributed by atoms with Crippen molar-refractivity contribution < 1.29 is 4.79 Å². The van der Waals surface area contributed by atoms with Crippen LogP contribution < -0.4 is 5.73 Å². The minimum atomic E-state index is 0.0510. The van der Waals surface area contributed by atoms with Crippen LogP contribution in [0.15, 0.2) is 18.2 Å². The van der Waals surface area contributed by atoms with Crippen molar-refractivity contribution in [2.45, 2.75) is 0 Å². The third-order valence-electron chi connectivity index (χ3n) is 3.18. The second kappa shape index (κ2) is 5.23. The fourth-order valence-electron chi connectivity index (χ4n) is 2.16. The van der Waals surface area contributed by atoms with E-state index in [1.165, 1.54) is 11.3 Å². The molecule has 1 fully saturated rings. The first kappa shape index (κ1) is 13.1. The molecule has 0 aliphatic carbocycles. The van der Waals surface area contributed by atoms with E-state index >= 15 is 0 Å². The summed E-state index contributed by atoms with van der Waals surface area (Å²) in [5, 5.41) is 1.59. The van der Waals surface area contributed by atoms with Gasteiger partial charge in [-0.2, -0.15) is 11.8 Å². The molecule has 1 aromatic carbocycles. The lowest BCUT2D eigenvalue weighted by Crippen LogP contribution is -2.37. The second-order valence-electron chi connectivity index (χ2n) is 4.39. The molecule has 0 saturated carbocycles. The molecule has 100 valence electrons. The number of nitrogens with zero attached hydrogens (tertiary/aromatic N) is 1. The van der Waals surface area contributed by atoms with Crippen LogP contribution in [0.4, 0.5) is 5.69 Å². The van der Waals surface area contributed by atoms with Crippen molar-refractivity contribution in [1.29, 1.82) is 0 Å². The highest BCUT2D eigenvalue weighted by Crippen LogP contribution is 2.36. The number of carbonyl (C=O) groups excluding carboxylic acids is 1. The predicted molar refractivity (Wildman–Crippen MR) is 84.5 cm³/mol. The Morgan fingerprint density at radius 2 is 2.05 bits per heavy atom. The van der Waals surface area contributed by atoms with Crippen molar-refractivity contribution in [3.05, 3.63) is 28.1 Å². The number of benzene rings is 1. The number of thiophene rings is 1. The zero-order chi connectivity index (χ0) is 13.4. The van der Waals surface area contributed by atoms with Gasteiger partial charge in [0.1, 0.15) is 4.88 Å². The first-order chi connectivity index (χ1) is 9.16. The van der Waals surface area contributed by atoms with Gasteiger partial charge in [-0.25, -0.2) is 0 Å². The van der Waals surface area contributed by atoms with Crippen LogP contribution in [0, 0.1) is 0 Å². The Labute approximate surface area is 124 Å². The van der Waals surface area contributed by atoms with Crippen LogP contribution >= 0.6 is 34.7 Å². The molecule has 2 N–H and O–H groups in total. The van der Waals surface area contributed by atoms with Gasteiger partial charge in [-0.3, -0.25) is 4.79 Å². The van der Waals surface area contributed by atoms with Crippen molar-refractivity contribution >= 4 is 56.4 Å². The molecule has 0 bridgehead atoms. The van der Waals surface area contributed by atoms with Gasteiger partial charge in [0.2, 0.25) is 0 Å². The number of amides is 1. The molecular formula is C13H13ClN2OS2. The van der Waals surface area contributed by atoms with Crippen molar-refractivity contribution in [3.8, 4) is 0 Å². The SMILES string of the molecule is Nc1c(C(=O)N2CCSCC2)sc2cc(Cl)ccc12. The first-order valence-corrected chi connectivity index (χ1v) is 8.36. The number of carbonyl (C=O) groups is 1. The zero-order valence-electron chi connectivity index (χ0n) is 10.2. The molecule has 1 aliphatic heterocycles. The van der Waals surface area contributed by atoms with Crippen molar-refractivity contribution in [3.63, 3.8) is 0 Å². The fourth-order valence-corrected chi connectivity index (χ4v) is 4.43. The minimum absolute atomic E-state index is 0.0510. The maximum Gasteiger partial charge on any atom is 0.266 e. The summed E-state index contributed by atoms with van der Waals surface area (Å²) in [4.78, 5) is 15.0. The Morgan fingerprint density at radius 3 is 2.79 bits per heavy atom. The Balaban J connectivity index is 2.00. The summed E-state index contributed by atoms with van der Waals surface area (Å²) in [5.41, 5.74) is 6.69. The lowest BCUT2D eigenvalue weighted by molar-refractivity contribution is 0.0778. The van der Waals surface area contributed by atoms with Crippen LogP contribution in [0.5, 0.6) is 0 Å². The average molecular weight is 313 g/mol. The van der Waals surface area contributed by atoms with Crippen molar-refractivity contribution in [1.82, 2.24) is 4.90 Å². The molecule has 1 aromatic heterocycles. The summed E-state index contributed by atoms with van der Waals surface area (Å²) in [6.07, 6.45) is 0. The molecule has 1 saturated heterocycles. The minimum Gasteiger partial charge on any atom is -0.397 e. The van der Waals surface area contributed by atoms with Gasteiger partial charge in [-0.15, -0.1) is 11.3 Å². The van der Waals surface area contributed by atoms with Gasteiger partial charge >= 0.3 is 0 Å². The first-order valence-electron chi connectivity index (χ1n) is 6.01. The number of nitrogen functional groups attached to an aromatic ring is 1. The van der Waals surface area contributed by atoms with Crippen LogP contribution in [0.1, 0.15) is 9.67 Å². The lowest BCUT2D eigenvalue weighted by atomic mass is 10.2. The number of halogens is 1. The largest absolute Gasteiger partial charge is 0.397 e. The average Bonchev–Trinajstić information content (AvgIpc) is 2.75. The van der Waals surface area contributed by atoms with Gasteiger partial charge in [0, 0.05) is 39.7 Å². The van der Waals surface area contributed by atoms with E-state index in [-0.39, 0.29) is 5.91 Å². The van der Waals surface area contributed by atoms with Gasteiger partial charge in [-0.05, 0) is 18.2 Å². The van der Waals surface area contributed by atoms with E-state index in [9.17, 15) is 4.79 Å². The Bertz CT molecular complexity index is 635. The summed E-state index contributed by atoms with van der Waals surface area (Å²) in [5.74, 6) is 2.06. The maximum absolute atomic E-state index is 12.5. The third kappa shape index (κ3) is 2.42. The highest BCUT2D eigenvalue weighted by Gasteiger charge is 2.23. The molecule has 2 heterocycles. The fraction of sp³-hybridized carbons (Fsp3) is 0.308. The van der Waals surface area contributed by atoms with Gasteiger partial charge in [-0.1, -0.05) is 11.6 Å². The normalized spacial score (nSPS) is 15.9. The Morgan fingerprint density at radius 1 is 1.32 bits per heavy atom. The van der Waals surface area contributed by atoms with Gasteiger partial charge in [0.05, 0.1) is 5.69 Å². The summed E-state index contributed by atoms with van der Waals surface area (Å²) in [6.45, 7) is 1.61. The molecule has 19 heavy (non-hydrogen) atoms. The second-order valence-corrected chi connectivity index (χ2v) is 7.10. The number of nitrogens with two attached hydrogens (primary N) is 1. The molecule has 1 amide bonds. The van der Waals surface area contributed by atoms with Crippen LogP contribution in [-0.4, -0.2) is 35.4 Å². The number of fused-ring (bicyclic) bond motifs is 1. The molecule has 1 aliphatic rings. The standard InChI is InChI=1S/C13H13ClN2OS2/c14-8-1-2-9-10(7-8)19-12(11(9)15)13(17)16-3-5-18-6-4-16/h1-2,7H,3-6,15H2. The van der Waals surface area contributed by atoms with E-state index < -0.39 is 0 Å². The lowest BCUT2D eigenvalue weighted by Gasteiger charge is -2.26. The van der Waals surface area contributed by atoms with Crippen LogP contribution in [-0.2, 0) is 0 Å². The van der Waals surface area contributed by atoms with E-state index in [1.54, 1.807) is 6.07 Å². The number of thioether (sulfide) groups is 1. The Hall–Kier alpha value is -0.910. The van der Waals surface area contributed by atoms with E-state index in [0.29, 0.717) is 15.6 Å². The highest BCUT2D eigenvalue weighted by atomic mass is 35.5. The molecule has 0 atom stereocenters. The summed E-state index contributed by atoms with van der Waals surface area (Å²) in [7, 11) is 0. The molecule has 6 heteroatoms. The van der Waals surface area contributed by atoms with E-state index in [4.69, 9.17) is 17.3 Å². The number of anilines is 1. The molecule has 2 aromatic rings. The third-order valence-corrected chi connectivity index (χ3v) is 5.52. The molecule has 3 nitrogen and oxygen atoms in total. The van der Waals surface area contributed by atoms with Crippen molar-refractivity contribution in [2.24, 2.45) is 0 Å². The van der Waals surface area contributed by atoms with Crippen molar-refractivity contribution in [2.75, 3.05) is 30.3 Å². The summed E-state index contributed by atoms with van der Waals surface area (Å²) < 4.78 is 0.972. The monoisotopic (exact) mass is 312 g/mol. The van der Waals surface area contributed by atoms with E-state index in [1.807, 2.05) is 28.8 Å². The highest BCUT2D eigenvalue weighted by molar-refractivity contribution is 7.99. The predicted octanol–water partition coefficient (Wildman–Crippen LogP) is 3.33. The summed E-state index contributed by atoms with van der Waals surface area (Å²) >= 11 is 9.29. The quantitative estimate of drug-likeness (QED) is 0.878. The van der Waals surface area contributed by atoms with E-state index in [2.05, 4.69) is 0 Å². The Kier molecular flexibility index (Phi) is 3.60. The molecule has 0 unspecified atom stereocenters. The topological polar surface area (TPSA) is 46.3 Å². The van der Waals surface area contributed by atoms with Gasteiger partial charge < -0.3 is 10.6 Å². The van der Waals surface area contributed by atoms with Gasteiger partial charge in [0.25, 0.3) is 5.91 Å². The molecular weight excluding hydrogens is 300 g/mol. The number of hydrogen-bond acceptors (Lipinski definition) is 4. The molecule has 3 rings (SSSR count). The number of rotatable bonds is 1. The number of hydrogen-bond donors (Lipinski definition) is 1. The zero-order valence-corrected chi connectivity index (χ0v) is 12.6. The van der Waals surface area contributed by atoms with Gasteiger partial charge in [0.15, 0.2) is 0 Å². The van der Waals surface area contributed by atoms with E-state index in [0.717, 1.165) is 34.7 Å². The van der Waals surface area contributed by atoms with Crippen LogP contribution in [0.3, 0.4) is 0 Å². The van der Waals surface area contributed by atoms with Crippen LogP contribution in [0.25, 0.3) is 10.1 Å². The maximum atomic E-state index is 12.5. The molecule has 0 radical (unpaired) electrons. The van der Waals surface area contributed by atoms with Crippen LogP contribution in [0.2, 0.25) is 5.02 Å². The molecule has 0 spiro atoms. The smallest absolute Gasteiger partial charge is 0.266 e. The summed E-state index contributed by atoms with van der Waals surface area (Å²) in [6, 6.07) is 5.55.